The van der Waals surface area contributed by atoms with Crippen LogP contribution in [-0.4, -0.2) is 35.8 Å². The lowest BCUT2D eigenvalue weighted by Gasteiger charge is -2.29. The predicted molar refractivity (Wildman–Crippen MR) is 81.3 cm³/mol. The Labute approximate surface area is 124 Å². The molecule has 0 saturated heterocycles. The van der Waals surface area contributed by atoms with Crippen molar-refractivity contribution in [3.05, 3.63) is 48.0 Å². The minimum atomic E-state index is -0.551. The van der Waals surface area contributed by atoms with E-state index in [0.717, 1.165) is 12.0 Å². The second-order valence-electron chi connectivity index (χ2n) is 5.31. The molecule has 0 aromatic heterocycles. The second-order valence-corrected chi connectivity index (χ2v) is 5.31. The molecule has 5 nitrogen and oxygen atoms in total. The van der Waals surface area contributed by atoms with E-state index in [1.807, 2.05) is 36.4 Å². The van der Waals surface area contributed by atoms with Crippen molar-refractivity contribution in [1.29, 1.82) is 0 Å². The van der Waals surface area contributed by atoms with Crippen LogP contribution in [-0.2, 0) is 9.59 Å². The summed E-state index contributed by atoms with van der Waals surface area (Å²) >= 11 is 0. The van der Waals surface area contributed by atoms with Crippen molar-refractivity contribution in [2.75, 3.05) is 7.05 Å². The first kappa shape index (κ1) is 15.3. The number of carbonyl (C=O) groups excluding carboxylic acids is 2. The third-order valence-electron chi connectivity index (χ3n) is 3.81. The molecule has 0 unspecified atom stereocenters. The SMILES string of the molecule is C[C@H](N[C@H]1C=CC[C@H](c2ccccc2)N(C)C1=O)C(N)=O. The van der Waals surface area contributed by atoms with Crippen LogP contribution < -0.4 is 11.1 Å². The fraction of sp³-hybridized carbons (Fsp3) is 0.375. The van der Waals surface area contributed by atoms with Gasteiger partial charge in [0.05, 0.1) is 12.1 Å². The van der Waals surface area contributed by atoms with Crippen molar-refractivity contribution >= 4 is 11.8 Å². The Balaban J connectivity index is 2.16. The van der Waals surface area contributed by atoms with Gasteiger partial charge in [-0.1, -0.05) is 42.5 Å². The van der Waals surface area contributed by atoms with Crippen molar-refractivity contribution in [2.24, 2.45) is 5.73 Å². The van der Waals surface area contributed by atoms with E-state index >= 15 is 0 Å². The highest BCUT2D eigenvalue weighted by Crippen LogP contribution is 2.26. The summed E-state index contributed by atoms with van der Waals surface area (Å²) in [6.07, 6.45) is 4.53. The zero-order chi connectivity index (χ0) is 15.4. The number of benzene rings is 1. The largest absolute Gasteiger partial charge is 0.368 e. The van der Waals surface area contributed by atoms with Crippen molar-refractivity contribution in [3.63, 3.8) is 0 Å². The molecule has 3 N–H and O–H groups in total. The molecule has 0 bridgehead atoms. The summed E-state index contributed by atoms with van der Waals surface area (Å²) in [6.45, 7) is 1.66. The number of likely N-dealkylation sites (N-methyl/N-ethyl adjacent to an activating group) is 1. The van der Waals surface area contributed by atoms with Crippen LogP contribution in [0.1, 0.15) is 24.9 Å². The van der Waals surface area contributed by atoms with E-state index in [2.05, 4.69) is 5.32 Å². The predicted octanol–water partition coefficient (Wildman–Crippen LogP) is 0.978. The monoisotopic (exact) mass is 287 g/mol. The van der Waals surface area contributed by atoms with Crippen LogP contribution in [0, 0.1) is 0 Å². The number of rotatable bonds is 4. The van der Waals surface area contributed by atoms with Crippen molar-refractivity contribution < 1.29 is 9.59 Å². The van der Waals surface area contributed by atoms with Gasteiger partial charge in [-0.2, -0.15) is 0 Å². The maximum absolute atomic E-state index is 12.5. The summed E-state index contributed by atoms with van der Waals surface area (Å²) in [5.74, 6) is -0.534. The van der Waals surface area contributed by atoms with Gasteiger partial charge >= 0.3 is 0 Å². The summed E-state index contributed by atoms with van der Waals surface area (Å²) in [4.78, 5) is 25.4. The maximum atomic E-state index is 12.5. The van der Waals surface area contributed by atoms with E-state index in [0.29, 0.717) is 0 Å². The molecular weight excluding hydrogens is 266 g/mol. The summed E-state index contributed by atoms with van der Waals surface area (Å²) in [5, 5.41) is 2.96. The number of nitrogens with two attached hydrogens (primary N) is 1. The summed E-state index contributed by atoms with van der Waals surface area (Å²) in [7, 11) is 1.79. The molecule has 0 fully saturated rings. The van der Waals surface area contributed by atoms with Gasteiger partial charge in [0.2, 0.25) is 11.8 Å². The summed E-state index contributed by atoms with van der Waals surface area (Å²) < 4.78 is 0. The zero-order valence-electron chi connectivity index (χ0n) is 12.3. The second kappa shape index (κ2) is 6.54. The molecule has 21 heavy (non-hydrogen) atoms. The molecule has 1 aliphatic rings. The fourth-order valence-electron chi connectivity index (χ4n) is 2.47. The van der Waals surface area contributed by atoms with E-state index in [1.165, 1.54) is 0 Å². The normalized spacial score (nSPS) is 23.7. The maximum Gasteiger partial charge on any atom is 0.243 e. The first-order valence-corrected chi connectivity index (χ1v) is 7.04. The molecule has 112 valence electrons. The van der Waals surface area contributed by atoms with Crippen LogP contribution in [0.4, 0.5) is 0 Å². The highest BCUT2D eigenvalue weighted by molar-refractivity contribution is 5.86. The Bertz CT molecular complexity index is 542. The minimum absolute atomic E-state index is 0.00522. The van der Waals surface area contributed by atoms with Crippen molar-refractivity contribution in [3.8, 4) is 0 Å². The van der Waals surface area contributed by atoms with Gasteiger partial charge in [0.15, 0.2) is 0 Å². The Morgan fingerprint density at radius 3 is 2.67 bits per heavy atom. The number of carbonyl (C=O) groups is 2. The molecular formula is C16H21N3O2. The standard InChI is InChI=1S/C16H21N3O2/c1-11(15(17)20)18-13-9-6-10-14(19(2)16(13)21)12-7-4-3-5-8-12/h3-9,11,13-14,18H,10H2,1-2H3,(H2,17,20)/t11-,13-,14+/m0/s1. The van der Waals surface area contributed by atoms with Gasteiger partial charge in [-0.05, 0) is 18.9 Å². The molecule has 0 aliphatic carbocycles. The Kier molecular flexibility index (Phi) is 4.75. The third-order valence-corrected chi connectivity index (χ3v) is 3.81. The Morgan fingerprint density at radius 2 is 2.05 bits per heavy atom. The highest BCUT2D eigenvalue weighted by Gasteiger charge is 2.29. The molecule has 2 amide bonds. The molecule has 0 radical (unpaired) electrons. The summed E-state index contributed by atoms with van der Waals surface area (Å²) in [6, 6.07) is 8.85. The number of hydrogen-bond donors (Lipinski definition) is 2. The van der Waals surface area contributed by atoms with Gasteiger partial charge in [0.25, 0.3) is 0 Å². The quantitative estimate of drug-likeness (QED) is 0.811. The fourth-order valence-corrected chi connectivity index (χ4v) is 2.47. The van der Waals surface area contributed by atoms with Crippen molar-refractivity contribution in [2.45, 2.75) is 31.5 Å². The lowest BCUT2D eigenvalue weighted by molar-refractivity contribution is -0.133. The van der Waals surface area contributed by atoms with E-state index in [1.54, 1.807) is 24.9 Å². The molecule has 1 aliphatic heterocycles. The van der Waals surface area contributed by atoms with Crippen LogP contribution in [0.15, 0.2) is 42.5 Å². The van der Waals surface area contributed by atoms with Gasteiger partial charge in [0.1, 0.15) is 6.04 Å². The highest BCUT2D eigenvalue weighted by atomic mass is 16.2. The number of hydrogen-bond acceptors (Lipinski definition) is 3. The first-order chi connectivity index (χ1) is 10.0. The lowest BCUT2D eigenvalue weighted by atomic mass is 10.0. The lowest BCUT2D eigenvalue weighted by Crippen LogP contribution is -2.50. The van der Waals surface area contributed by atoms with Gasteiger partial charge in [0, 0.05) is 7.05 Å². The van der Waals surface area contributed by atoms with Gasteiger partial charge in [-0.15, -0.1) is 0 Å². The van der Waals surface area contributed by atoms with Crippen LogP contribution in [0.5, 0.6) is 0 Å². The number of primary amides is 1. The molecule has 1 aromatic carbocycles. The average molecular weight is 287 g/mol. The molecule has 3 atom stereocenters. The van der Waals surface area contributed by atoms with E-state index < -0.39 is 18.0 Å². The van der Waals surface area contributed by atoms with Gasteiger partial charge in [-0.3, -0.25) is 14.9 Å². The number of nitrogens with zero attached hydrogens (tertiary/aromatic N) is 1. The smallest absolute Gasteiger partial charge is 0.243 e. The Hall–Kier alpha value is -2.14. The average Bonchev–Trinajstić information content (AvgIpc) is 2.61. The van der Waals surface area contributed by atoms with Crippen molar-refractivity contribution in [1.82, 2.24) is 10.2 Å². The van der Waals surface area contributed by atoms with Crippen LogP contribution in [0.25, 0.3) is 0 Å². The molecule has 5 heteroatoms. The number of amides is 2. The third kappa shape index (κ3) is 3.49. The molecule has 0 saturated carbocycles. The topological polar surface area (TPSA) is 75.4 Å². The number of nitrogens with one attached hydrogen (secondary N) is 1. The summed E-state index contributed by atoms with van der Waals surface area (Å²) in [5.41, 5.74) is 6.34. The molecule has 1 heterocycles. The Morgan fingerprint density at radius 1 is 1.38 bits per heavy atom. The molecule has 0 spiro atoms. The minimum Gasteiger partial charge on any atom is -0.368 e. The van der Waals surface area contributed by atoms with Crippen LogP contribution in [0.2, 0.25) is 0 Å². The first-order valence-electron chi connectivity index (χ1n) is 7.04. The van der Waals surface area contributed by atoms with E-state index in [9.17, 15) is 9.59 Å². The van der Waals surface area contributed by atoms with E-state index in [-0.39, 0.29) is 11.9 Å². The van der Waals surface area contributed by atoms with E-state index in [4.69, 9.17) is 5.73 Å². The molecule has 1 aromatic rings. The van der Waals surface area contributed by atoms with Crippen LogP contribution >= 0.6 is 0 Å². The van der Waals surface area contributed by atoms with Crippen LogP contribution in [0.3, 0.4) is 0 Å². The molecule has 2 rings (SSSR count). The van der Waals surface area contributed by atoms with Gasteiger partial charge < -0.3 is 10.6 Å². The zero-order valence-corrected chi connectivity index (χ0v) is 12.3. The van der Waals surface area contributed by atoms with Gasteiger partial charge in [-0.25, -0.2) is 0 Å².